The highest BCUT2D eigenvalue weighted by atomic mass is 35.5. The number of sulfonamides is 1. The van der Waals surface area contributed by atoms with E-state index in [0.717, 1.165) is 12.0 Å². The summed E-state index contributed by atoms with van der Waals surface area (Å²) in [5.41, 5.74) is 1.05. The molecule has 1 N–H and O–H groups in total. The van der Waals surface area contributed by atoms with E-state index in [1.807, 2.05) is 25.1 Å². The smallest absolute Gasteiger partial charge is 0.219 e. The van der Waals surface area contributed by atoms with Gasteiger partial charge in [-0.1, -0.05) is 37.1 Å². The molecule has 0 saturated heterocycles. The van der Waals surface area contributed by atoms with Crippen LogP contribution in [0.4, 0.5) is 0 Å². The molecule has 0 fully saturated rings. The molecule has 0 aliphatic carbocycles. The van der Waals surface area contributed by atoms with Crippen LogP contribution in [0.5, 0.6) is 0 Å². The van der Waals surface area contributed by atoms with Crippen molar-refractivity contribution in [2.75, 3.05) is 25.4 Å². The normalized spacial score (nSPS) is 11.4. The average molecular weight is 361 g/mol. The molecule has 1 amide bonds. The maximum atomic E-state index is 11.7. The second kappa shape index (κ2) is 9.90. The molecule has 0 bridgehead atoms. The van der Waals surface area contributed by atoms with Crippen LogP contribution in [-0.4, -0.2) is 44.6 Å². The molecule has 0 saturated carbocycles. The Morgan fingerprint density at radius 2 is 2.04 bits per heavy atom. The monoisotopic (exact) mass is 360 g/mol. The Hall–Kier alpha value is -1.11. The Bertz CT molecular complexity index is 605. The van der Waals surface area contributed by atoms with Gasteiger partial charge in [0.15, 0.2) is 0 Å². The van der Waals surface area contributed by atoms with E-state index < -0.39 is 10.0 Å². The highest BCUT2D eigenvalue weighted by molar-refractivity contribution is 7.89. The summed E-state index contributed by atoms with van der Waals surface area (Å²) in [6.07, 6.45) is 2.16. The van der Waals surface area contributed by atoms with Crippen LogP contribution in [-0.2, 0) is 21.2 Å². The number of rotatable bonds is 10. The fourth-order valence-electron chi connectivity index (χ4n) is 2.13. The molecule has 5 nitrogen and oxygen atoms in total. The Morgan fingerprint density at radius 1 is 1.30 bits per heavy atom. The number of unbranched alkanes of at least 4 members (excludes halogenated alkanes) is 1. The molecule has 0 heterocycles. The Morgan fingerprint density at radius 3 is 2.65 bits per heavy atom. The summed E-state index contributed by atoms with van der Waals surface area (Å²) in [5, 5.41) is 0.667. The highest BCUT2D eigenvalue weighted by Crippen LogP contribution is 2.11. The summed E-state index contributed by atoms with van der Waals surface area (Å²) in [6.45, 7) is 4.57. The fraction of sp³-hybridized carbons (Fsp3) is 0.562. The summed E-state index contributed by atoms with van der Waals surface area (Å²) >= 11 is 5.94. The Balaban J connectivity index is 2.45. The third-order valence-electron chi connectivity index (χ3n) is 3.48. The number of hydrogen-bond acceptors (Lipinski definition) is 3. The van der Waals surface area contributed by atoms with Gasteiger partial charge in [0.2, 0.25) is 15.9 Å². The van der Waals surface area contributed by atoms with Crippen LogP contribution in [0.15, 0.2) is 24.3 Å². The number of carbonyl (C=O) groups is 1. The number of amides is 1. The van der Waals surface area contributed by atoms with E-state index in [-0.39, 0.29) is 18.2 Å². The van der Waals surface area contributed by atoms with Crippen LogP contribution in [0, 0.1) is 0 Å². The lowest BCUT2D eigenvalue weighted by Crippen LogP contribution is -2.39. The van der Waals surface area contributed by atoms with Gasteiger partial charge >= 0.3 is 0 Å². The van der Waals surface area contributed by atoms with E-state index >= 15 is 0 Å². The lowest BCUT2D eigenvalue weighted by molar-refractivity contribution is -0.128. The van der Waals surface area contributed by atoms with E-state index in [1.54, 1.807) is 11.0 Å². The van der Waals surface area contributed by atoms with E-state index in [1.165, 1.54) is 6.92 Å². The third kappa shape index (κ3) is 8.34. The van der Waals surface area contributed by atoms with Crippen molar-refractivity contribution in [3.05, 3.63) is 34.9 Å². The van der Waals surface area contributed by atoms with Crippen molar-refractivity contribution in [1.29, 1.82) is 0 Å². The zero-order valence-electron chi connectivity index (χ0n) is 13.7. The Kier molecular flexibility index (Phi) is 8.58. The summed E-state index contributed by atoms with van der Waals surface area (Å²) in [4.78, 5) is 13.3. The van der Waals surface area contributed by atoms with Gasteiger partial charge in [-0.3, -0.25) is 4.79 Å². The van der Waals surface area contributed by atoms with E-state index in [9.17, 15) is 13.2 Å². The predicted molar refractivity (Wildman–Crippen MR) is 94.1 cm³/mol. The highest BCUT2D eigenvalue weighted by Gasteiger charge is 2.12. The minimum atomic E-state index is -3.24. The lowest BCUT2D eigenvalue weighted by atomic mass is 10.1. The minimum Gasteiger partial charge on any atom is -0.341 e. The first-order chi connectivity index (χ1) is 10.8. The lowest BCUT2D eigenvalue weighted by Gasteiger charge is -2.21. The van der Waals surface area contributed by atoms with E-state index in [0.29, 0.717) is 31.0 Å². The first-order valence-corrected chi connectivity index (χ1v) is 9.84. The van der Waals surface area contributed by atoms with Crippen LogP contribution < -0.4 is 4.72 Å². The van der Waals surface area contributed by atoms with Gasteiger partial charge < -0.3 is 4.90 Å². The molecule has 0 radical (unpaired) electrons. The zero-order chi connectivity index (χ0) is 17.3. The van der Waals surface area contributed by atoms with Gasteiger partial charge in [-0.15, -0.1) is 0 Å². The van der Waals surface area contributed by atoms with E-state index in [2.05, 4.69) is 4.72 Å². The van der Waals surface area contributed by atoms with Gasteiger partial charge in [-0.05, 0) is 30.5 Å². The maximum Gasteiger partial charge on any atom is 0.219 e. The third-order valence-corrected chi connectivity index (χ3v) is 5.18. The summed E-state index contributed by atoms with van der Waals surface area (Å²) < 4.78 is 26.0. The molecule has 1 aromatic carbocycles. The molecule has 7 heteroatoms. The number of benzene rings is 1. The van der Waals surface area contributed by atoms with Gasteiger partial charge in [0.1, 0.15) is 0 Å². The summed E-state index contributed by atoms with van der Waals surface area (Å²) in [5.74, 6) is 0.0614. The SMILES string of the molecule is CCCCS(=O)(=O)NCCN(CCc1cccc(Cl)c1)C(C)=O. The van der Waals surface area contributed by atoms with Gasteiger partial charge in [-0.2, -0.15) is 0 Å². The van der Waals surface area contributed by atoms with Gasteiger partial charge in [-0.25, -0.2) is 13.1 Å². The molecular weight excluding hydrogens is 336 g/mol. The quantitative estimate of drug-likeness (QED) is 0.697. The first kappa shape index (κ1) is 19.9. The van der Waals surface area contributed by atoms with Crippen molar-refractivity contribution in [3.8, 4) is 0 Å². The standard InChI is InChI=1S/C16H25ClN2O3S/c1-3-4-12-23(21,22)18-9-11-19(14(2)20)10-8-15-6-5-7-16(17)13-15/h5-7,13,18H,3-4,8-12H2,1-2H3. The first-order valence-electron chi connectivity index (χ1n) is 7.81. The number of nitrogens with one attached hydrogen (secondary N) is 1. The molecule has 1 rings (SSSR count). The molecule has 0 aliphatic rings. The molecule has 130 valence electrons. The molecule has 0 atom stereocenters. The molecule has 1 aromatic rings. The van der Waals surface area contributed by atoms with Gasteiger partial charge in [0.25, 0.3) is 0 Å². The summed E-state index contributed by atoms with van der Waals surface area (Å²) in [6, 6.07) is 7.50. The van der Waals surface area contributed by atoms with Crippen LogP contribution >= 0.6 is 11.6 Å². The predicted octanol–water partition coefficient (Wildman–Crippen LogP) is 2.45. The molecule has 0 spiro atoms. The average Bonchev–Trinajstić information content (AvgIpc) is 2.48. The van der Waals surface area contributed by atoms with E-state index in [4.69, 9.17) is 11.6 Å². The molecule has 0 aromatic heterocycles. The van der Waals surface area contributed by atoms with Crippen LogP contribution in [0.1, 0.15) is 32.3 Å². The largest absolute Gasteiger partial charge is 0.341 e. The van der Waals surface area contributed by atoms with Crippen molar-refractivity contribution in [2.45, 2.75) is 33.1 Å². The molecule has 0 unspecified atom stereocenters. The van der Waals surface area contributed by atoms with Crippen LogP contribution in [0.25, 0.3) is 0 Å². The minimum absolute atomic E-state index is 0.0696. The molecule has 23 heavy (non-hydrogen) atoms. The zero-order valence-corrected chi connectivity index (χ0v) is 15.3. The van der Waals surface area contributed by atoms with Crippen molar-refractivity contribution >= 4 is 27.5 Å². The number of hydrogen-bond donors (Lipinski definition) is 1. The van der Waals surface area contributed by atoms with Gasteiger partial charge in [0.05, 0.1) is 5.75 Å². The van der Waals surface area contributed by atoms with Crippen molar-refractivity contribution in [2.24, 2.45) is 0 Å². The van der Waals surface area contributed by atoms with Gasteiger partial charge in [0, 0.05) is 31.6 Å². The maximum absolute atomic E-state index is 11.7. The number of nitrogens with zero attached hydrogens (tertiary/aromatic N) is 1. The fourth-order valence-corrected chi connectivity index (χ4v) is 3.55. The Labute approximate surface area is 144 Å². The summed E-state index contributed by atoms with van der Waals surface area (Å²) in [7, 11) is -3.24. The molecule has 0 aliphatic heterocycles. The second-order valence-electron chi connectivity index (χ2n) is 5.45. The number of carbonyl (C=O) groups excluding carboxylic acids is 1. The number of halogens is 1. The second-order valence-corrected chi connectivity index (χ2v) is 7.82. The van der Waals surface area contributed by atoms with Crippen molar-refractivity contribution in [1.82, 2.24) is 9.62 Å². The van der Waals surface area contributed by atoms with Crippen LogP contribution in [0.2, 0.25) is 5.02 Å². The topological polar surface area (TPSA) is 66.5 Å². The van der Waals surface area contributed by atoms with Crippen molar-refractivity contribution < 1.29 is 13.2 Å². The molecular formula is C16H25ClN2O3S. The van der Waals surface area contributed by atoms with Crippen LogP contribution in [0.3, 0.4) is 0 Å². The van der Waals surface area contributed by atoms with Crippen molar-refractivity contribution in [3.63, 3.8) is 0 Å².